The Kier molecular flexibility index (Phi) is 7.17. The van der Waals surface area contributed by atoms with Crippen LogP contribution in [-0.4, -0.2) is 24.3 Å². The van der Waals surface area contributed by atoms with Crippen LogP contribution in [-0.2, 0) is 16.0 Å². The number of benzene rings is 3. The van der Waals surface area contributed by atoms with Gasteiger partial charge in [0.1, 0.15) is 16.5 Å². The Hall–Kier alpha value is -4.10. The summed E-state index contributed by atoms with van der Waals surface area (Å²) >= 11 is 6.25. The first-order valence-corrected chi connectivity index (χ1v) is 11.6. The summed E-state index contributed by atoms with van der Waals surface area (Å²) in [7, 11) is 0. The van der Waals surface area contributed by atoms with E-state index in [4.69, 9.17) is 16.3 Å². The number of carbonyl (C=O) groups is 3. The van der Waals surface area contributed by atoms with Crippen molar-refractivity contribution in [3.63, 3.8) is 0 Å². The molecule has 7 nitrogen and oxygen atoms in total. The first-order valence-electron chi connectivity index (χ1n) is 11.2. The fourth-order valence-corrected chi connectivity index (χ4v) is 3.92. The molecular formula is C27H24ClN3O4. The Morgan fingerprint density at radius 3 is 2.20 bits per heavy atom. The highest BCUT2D eigenvalue weighted by Gasteiger charge is 2.39. The molecule has 0 saturated carbocycles. The van der Waals surface area contributed by atoms with E-state index in [-0.39, 0.29) is 16.6 Å². The van der Waals surface area contributed by atoms with Gasteiger partial charge in [-0.2, -0.15) is 0 Å². The van der Waals surface area contributed by atoms with Crippen LogP contribution >= 0.6 is 11.6 Å². The van der Waals surface area contributed by atoms with Crippen LogP contribution in [0.1, 0.15) is 29.8 Å². The van der Waals surface area contributed by atoms with Crippen LogP contribution in [0.4, 0.5) is 17.1 Å². The highest BCUT2D eigenvalue weighted by molar-refractivity contribution is 6.53. The number of rotatable bonds is 8. The number of ether oxygens (including phenoxy) is 1. The zero-order valence-electron chi connectivity index (χ0n) is 19.3. The van der Waals surface area contributed by atoms with Gasteiger partial charge in [-0.3, -0.25) is 14.4 Å². The van der Waals surface area contributed by atoms with Crippen LogP contribution in [0.15, 0.2) is 83.5 Å². The van der Waals surface area contributed by atoms with Gasteiger partial charge in [0, 0.05) is 16.9 Å². The third kappa shape index (κ3) is 5.05. The molecule has 178 valence electrons. The number of hydrogen-bond donors (Lipinski definition) is 2. The van der Waals surface area contributed by atoms with Crippen molar-refractivity contribution in [2.24, 2.45) is 0 Å². The van der Waals surface area contributed by atoms with Crippen molar-refractivity contribution in [3.8, 4) is 5.75 Å². The molecule has 0 radical (unpaired) electrons. The standard InChI is InChI=1S/C27H24ClN3O4/c1-3-17-7-5-6-8-22(17)31-26(33)23(28)24(27(31)34)29-19-11-9-18(10-12-19)25(32)30-20-13-15-21(16-14-20)35-4-2/h5-16,29H,3-4H2,1-2H3,(H,30,32). The monoisotopic (exact) mass is 489 g/mol. The number of hydrogen-bond acceptors (Lipinski definition) is 5. The smallest absolute Gasteiger partial charge is 0.283 e. The van der Waals surface area contributed by atoms with E-state index < -0.39 is 11.8 Å². The average molecular weight is 490 g/mol. The molecule has 0 bridgehead atoms. The Morgan fingerprint density at radius 2 is 1.54 bits per heavy atom. The van der Waals surface area contributed by atoms with Gasteiger partial charge in [0.05, 0.1) is 12.3 Å². The molecule has 0 spiro atoms. The van der Waals surface area contributed by atoms with Crippen LogP contribution < -0.4 is 20.3 Å². The second-order valence-corrected chi connectivity index (χ2v) is 8.11. The fraction of sp³-hybridized carbons (Fsp3) is 0.148. The number of amides is 3. The topological polar surface area (TPSA) is 87.7 Å². The normalized spacial score (nSPS) is 13.3. The summed E-state index contributed by atoms with van der Waals surface area (Å²) in [6.07, 6.45) is 0.661. The van der Waals surface area contributed by atoms with E-state index in [1.54, 1.807) is 60.7 Å². The maximum Gasteiger partial charge on any atom is 0.283 e. The van der Waals surface area contributed by atoms with Gasteiger partial charge in [-0.1, -0.05) is 36.7 Å². The summed E-state index contributed by atoms with van der Waals surface area (Å²) < 4.78 is 5.40. The van der Waals surface area contributed by atoms with Crippen molar-refractivity contribution >= 4 is 46.4 Å². The summed E-state index contributed by atoms with van der Waals surface area (Å²) in [4.78, 5) is 39.5. The number of anilines is 3. The van der Waals surface area contributed by atoms with Gasteiger partial charge < -0.3 is 15.4 Å². The molecule has 35 heavy (non-hydrogen) atoms. The van der Waals surface area contributed by atoms with Gasteiger partial charge in [-0.25, -0.2) is 4.90 Å². The average Bonchev–Trinajstić information content (AvgIpc) is 3.08. The van der Waals surface area contributed by atoms with Gasteiger partial charge in [0.15, 0.2) is 0 Å². The molecule has 0 aliphatic carbocycles. The maximum absolute atomic E-state index is 13.1. The summed E-state index contributed by atoms with van der Waals surface area (Å²) in [5.41, 5.74) is 2.96. The molecule has 0 unspecified atom stereocenters. The molecule has 3 amide bonds. The highest BCUT2D eigenvalue weighted by atomic mass is 35.5. The van der Waals surface area contributed by atoms with E-state index in [1.807, 2.05) is 26.0 Å². The van der Waals surface area contributed by atoms with Crippen molar-refractivity contribution in [1.29, 1.82) is 0 Å². The Balaban J connectivity index is 1.45. The van der Waals surface area contributed by atoms with Crippen molar-refractivity contribution < 1.29 is 19.1 Å². The summed E-state index contributed by atoms with van der Waals surface area (Å²) in [6, 6.07) is 20.8. The third-order valence-electron chi connectivity index (χ3n) is 5.48. The predicted molar refractivity (Wildman–Crippen MR) is 137 cm³/mol. The van der Waals surface area contributed by atoms with Gasteiger partial charge in [-0.15, -0.1) is 0 Å². The Morgan fingerprint density at radius 1 is 0.886 bits per heavy atom. The molecule has 1 aliphatic rings. The van der Waals surface area contributed by atoms with E-state index in [1.165, 1.54) is 0 Å². The molecule has 3 aromatic rings. The highest BCUT2D eigenvalue weighted by Crippen LogP contribution is 2.32. The van der Waals surface area contributed by atoms with E-state index >= 15 is 0 Å². The number of imide groups is 1. The van der Waals surface area contributed by atoms with Gasteiger partial charge in [0.25, 0.3) is 17.7 Å². The minimum absolute atomic E-state index is 0.00541. The lowest BCUT2D eigenvalue weighted by atomic mass is 10.1. The molecular weight excluding hydrogens is 466 g/mol. The van der Waals surface area contributed by atoms with E-state index in [0.29, 0.717) is 35.7 Å². The van der Waals surface area contributed by atoms with E-state index in [0.717, 1.165) is 16.2 Å². The number of aryl methyl sites for hydroxylation is 1. The minimum atomic E-state index is -0.577. The fourth-order valence-electron chi connectivity index (χ4n) is 3.71. The van der Waals surface area contributed by atoms with Crippen LogP contribution in [0.5, 0.6) is 5.75 Å². The lowest BCUT2D eigenvalue weighted by Gasteiger charge is -2.18. The van der Waals surface area contributed by atoms with Crippen LogP contribution in [0, 0.1) is 0 Å². The molecule has 2 N–H and O–H groups in total. The van der Waals surface area contributed by atoms with Crippen molar-refractivity contribution in [1.82, 2.24) is 0 Å². The zero-order valence-corrected chi connectivity index (χ0v) is 20.1. The number of para-hydroxylation sites is 1. The Labute approximate surface area is 208 Å². The molecule has 3 aromatic carbocycles. The number of nitrogens with zero attached hydrogens (tertiary/aromatic N) is 1. The zero-order chi connectivity index (χ0) is 24.9. The Bertz CT molecular complexity index is 1300. The summed E-state index contributed by atoms with van der Waals surface area (Å²) in [5, 5.41) is 5.57. The largest absolute Gasteiger partial charge is 0.494 e. The first-order chi connectivity index (χ1) is 16.9. The molecule has 4 rings (SSSR count). The van der Waals surface area contributed by atoms with Gasteiger partial charge >= 0.3 is 0 Å². The van der Waals surface area contributed by atoms with Crippen LogP contribution in [0.2, 0.25) is 0 Å². The van der Waals surface area contributed by atoms with E-state index in [9.17, 15) is 14.4 Å². The second kappa shape index (κ2) is 10.4. The molecule has 1 heterocycles. The molecule has 0 saturated heterocycles. The SMILES string of the molecule is CCOc1ccc(NC(=O)c2ccc(NC3=C(Cl)C(=O)N(c4ccccc4CC)C3=O)cc2)cc1. The van der Waals surface area contributed by atoms with Crippen molar-refractivity contribution in [3.05, 3.63) is 94.7 Å². The van der Waals surface area contributed by atoms with E-state index in [2.05, 4.69) is 10.6 Å². The molecule has 0 fully saturated rings. The lowest BCUT2D eigenvalue weighted by Crippen LogP contribution is -2.33. The minimum Gasteiger partial charge on any atom is -0.494 e. The molecule has 1 aliphatic heterocycles. The number of carbonyl (C=O) groups excluding carboxylic acids is 3. The summed E-state index contributed by atoms with van der Waals surface area (Å²) in [6.45, 7) is 4.42. The third-order valence-corrected chi connectivity index (χ3v) is 5.83. The summed E-state index contributed by atoms with van der Waals surface area (Å²) in [5.74, 6) is -0.664. The maximum atomic E-state index is 13.1. The predicted octanol–water partition coefficient (Wildman–Crippen LogP) is 5.34. The van der Waals surface area contributed by atoms with Crippen molar-refractivity contribution in [2.75, 3.05) is 22.1 Å². The van der Waals surface area contributed by atoms with Crippen molar-refractivity contribution in [2.45, 2.75) is 20.3 Å². The van der Waals surface area contributed by atoms with Gasteiger partial charge in [-0.05, 0) is 73.5 Å². The molecule has 8 heteroatoms. The second-order valence-electron chi connectivity index (χ2n) is 7.73. The lowest BCUT2D eigenvalue weighted by molar-refractivity contribution is -0.120. The molecule has 0 atom stereocenters. The van der Waals surface area contributed by atoms with Gasteiger partial charge in [0.2, 0.25) is 0 Å². The first kappa shape index (κ1) is 24.0. The number of halogens is 1. The molecule has 0 aromatic heterocycles. The van der Waals surface area contributed by atoms with Crippen LogP contribution in [0.25, 0.3) is 0 Å². The van der Waals surface area contributed by atoms with Crippen LogP contribution in [0.3, 0.4) is 0 Å². The quantitative estimate of drug-likeness (QED) is 0.417. The number of nitrogens with one attached hydrogen (secondary N) is 2.